The Labute approximate surface area is 129 Å². The van der Waals surface area contributed by atoms with Gasteiger partial charge in [0.25, 0.3) is 5.69 Å². The van der Waals surface area contributed by atoms with E-state index in [0.29, 0.717) is 22.2 Å². The first-order chi connectivity index (χ1) is 11.0. The lowest BCUT2D eigenvalue weighted by atomic mass is 10.1. The molecule has 0 saturated carbocycles. The molecule has 4 nitrogen and oxygen atoms in total. The van der Waals surface area contributed by atoms with E-state index >= 15 is 0 Å². The number of nitrogens with zero attached hydrogens (tertiary/aromatic N) is 2. The first kappa shape index (κ1) is 14.8. The number of hydrogen-bond donors (Lipinski definition) is 0. The Morgan fingerprint density at radius 1 is 1.00 bits per heavy atom. The molecule has 2 aromatic carbocycles. The Kier molecular flexibility index (Phi) is 3.80. The van der Waals surface area contributed by atoms with Gasteiger partial charge in [-0.2, -0.15) is 0 Å². The summed E-state index contributed by atoms with van der Waals surface area (Å²) in [4.78, 5) is 14.5. The molecule has 0 bridgehead atoms. The third kappa shape index (κ3) is 3.21. The lowest BCUT2D eigenvalue weighted by molar-refractivity contribution is -0.384. The second-order valence-corrected chi connectivity index (χ2v) is 4.88. The van der Waals surface area contributed by atoms with Crippen molar-refractivity contribution in [2.45, 2.75) is 0 Å². The van der Waals surface area contributed by atoms with Crippen molar-refractivity contribution in [1.29, 1.82) is 0 Å². The van der Waals surface area contributed by atoms with E-state index in [2.05, 4.69) is 4.98 Å². The van der Waals surface area contributed by atoms with Crippen molar-refractivity contribution in [3.8, 4) is 0 Å². The van der Waals surface area contributed by atoms with Crippen molar-refractivity contribution in [3.63, 3.8) is 0 Å². The molecule has 1 aromatic heterocycles. The molecule has 0 spiro atoms. The van der Waals surface area contributed by atoms with Gasteiger partial charge in [0.05, 0.1) is 16.1 Å². The van der Waals surface area contributed by atoms with Gasteiger partial charge in [-0.25, -0.2) is 13.8 Å². The maximum Gasteiger partial charge on any atom is 0.270 e. The van der Waals surface area contributed by atoms with Crippen molar-refractivity contribution in [2.24, 2.45) is 0 Å². The average Bonchev–Trinajstić information content (AvgIpc) is 2.54. The molecule has 0 radical (unpaired) electrons. The highest BCUT2D eigenvalue weighted by atomic mass is 19.2. The van der Waals surface area contributed by atoms with E-state index in [4.69, 9.17) is 0 Å². The fourth-order valence-electron chi connectivity index (χ4n) is 2.15. The molecule has 6 heteroatoms. The van der Waals surface area contributed by atoms with Gasteiger partial charge in [0.1, 0.15) is 0 Å². The molecule has 0 saturated heterocycles. The highest BCUT2D eigenvalue weighted by molar-refractivity contribution is 5.81. The SMILES string of the molecule is O=[N+]([O-])c1cccc(C=Cc2ccc3cc(F)c(F)cc3n2)c1. The molecule has 0 aliphatic heterocycles. The minimum atomic E-state index is -0.954. The minimum absolute atomic E-state index is 0.00355. The number of non-ortho nitro benzene ring substituents is 1. The molecular weight excluding hydrogens is 302 g/mol. The van der Waals surface area contributed by atoms with E-state index in [1.807, 2.05) is 0 Å². The van der Waals surface area contributed by atoms with Crippen molar-refractivity contribution in [3.05, 3.63) is 81.5 Å². The maximum atomic E-state index is 13.3. The van der Waals surface area contributed by atoms with Crippen LogP contribution in [0.4, 0.5) is 14.5 Å². The predicted molar refractivity (Wildman–Crippen MR) is 83.7 cm³/mol. The summed E-state index contributed by atoms with van der Waals surface area (Å²) in [5.41, 5.74) is 1.52. The van der Waals surface area contributed by atoms with E-state index in [1.165, 1.54) is 12.1 Å². The molecule has 0 aliphatic rings. The zero-order valence-corrected chi connectivity index (χ0v) is 11.7. The smallest absolute Gasteiger partial charge is 0.258 e. The maximum absolute atomic E-state index is 13.3. The number of pyridine rings is 1. The van der Waals surface area contributed by atoms with Crippen LogP contribution in [0, 0.1) is 21.7 Å². The summed E-state index contributed by atoms with van der Waals surface area (Å²) >= 11 is 0. The predicted octanol–water partition coefficient (Wildman–Crippen LogP) is 4.59. The van der Waals surface area contributed by atoms with Crippen molar-refractivity contribution in [1.82, 2.24) is 4.98 Å². The monoisotopic (exact) mass is 312 g/mol. The minimum Gasteiger partial charge on any atom is -0.258 e. The molecule has 1 heterocycles. The van der Waals surface area contributed by atoms with E-state index < -0.39 is 16.6 Å². The van der Waals surface area contributed by atoms with Crippen LogP contribution >= 0.6 is 0 Å². The highest BCUT2D eigenvalue weighted by Crippen LogP contribution is 2.19. The summed E-state index contributed by atoms with van der Waals surface area (Å²) in [6.45, 7) is 0. The number of nitro benzene ring substituents is 1. The fourth-order valence-corrected chi connectivity index (χ4v) is 2.15. The van der Waals surface area contributed by atoms with Crippen LogP contribution in [0.5, 0.6) is 0 Å². The average molecular weight is 312 g/mol. The number of rotatable bonds is 3. The summed E-state index contributed by atoms with van der Waals surface area (Å²) in [5, 5.41) is 11.2. The van der Waals surface area contributed by atoms with Crippen molar-refractivity contribution in [2.75, 3.05) is 0 Å². The van der Waals surface area contributed by atoms with E-state index in [1.54, 1.807) is 36.4 Å². The lowest BCUT2D eigenvalue weighted by Gasteiger charge is -2.00. The molecule has 0 N–H and O–H groups in total. The van der Waals surface area contributed by atoms with Gasteiger partial charge < -0.3 is 0 Å². The Morgan fingerprint density at radius 2 is 1.78 bits per heavy atom. The summed E-state index contributed by atoms with van der Waals surface area (Å²) in [6.07, 6.45) is 3.32. The summed E-state index contributed by atoms with van der Waals surface area (Å²) in [5.74, 6) is -1.87. The van der Waals surface area contributed by atoms with Gasteiger partial charge >= 0.3 is 0 Å². The molecule has 0 amide bonds. The Hall–Kier alpha value is -3.15. The van der Waals surface area contributed by atoms with Crippen LogP contribution in [0.25, 0.3) is 23.1 Å². The summed E-state index contributed by atoms with van der Waals surface area (Å²) in [6, 6.07) is 11.6. The van der Waals surface area contributed by atoms with Gasteiger partial charge in [0, 0.05) is 23.6 Å². The summed E-state index contributed by atoms with van der Waals surface area (Å²) < 4.78 is 26.4. The molecule has 3 aromatic rings. The van der Waals surface area contributed by atoms with Gasteiger partial charge in [-0.1, -0.05) is 24.3 Å². The number of benzene rings is 2. The number of nitro groups is 1. The normalized spacial score (nSPS) is 11.2. The largest absolute Gasteiger partial charge is 0.270 e. The molecule has 0 aliphatic carbocycles. The van der Waals surface area contributed by atoms with Gasteiger partial charge in [-0.3, -0.25) is 10.1 Å². The lowest BCUT2D eigenvalue weighted by Crippen LogP contribution is -1.89. The molecular formula is C17H10F2N2O2. The molecule has 3 rings (SSSR count). The number of aromatic nitrogens is 1. The van der Waals surface area contributed by atoms with E-state index in [-0.39, 0.29) is 5.69 Å². The van der Waals surface area contributed by atoms with Gasteiger partial charge in [-0.15, -0.1) is 0 Å². The van der Waals surface area contributed by atoms with E-state index in [0.717, 1.165) is 12.1 Å². The quantitative estimate of drug-likeness (QED) is 0.525. The van der Waals surface area contributed by atoms with Crippen LogP contribution in [-0.2, 0) is 0 Å². The molecule has 0 unspecified atom stereocenters. The first-order valence-corrected chi connectivity index (χ1v) is 6.71. The second kappa shape index (κ2) is 5.92. The third-order valence-corrected chi connectivity index (χ3v) is 3.28. The third-order valence-electron chi connectivity index (χ3n) is 3.28. The zero-order valence-electron chi connectivity index (χ0n) is 11.7. The molecule has 0 atom stereocenters. The molecule has 0 fully saturated rings. The fraction of sp³-hybridized carbons (Fsp3) is 0. The molecule has 114 valence electrons. The van der Waals surface area contributed by atoms with Crippen LogP contribution < -0.4 is 0 Å². The molecule has 23 heavy (non-hydrogen) atoms. The first-order valence-electron chi connectivity index (χ1n) is 6.71. The topological polar surface area (TPSA) is 56.0 Å². The standard InChI is InChI=1S/C17H10F2N2O2/c18-15-9-12-5-7-13(20-17(12)10-16(15)19)6-4-11-2-1-3-14(8-11)21(22)23/h1-10H. The van der Waals surface area contributed by atoms with Crippen molar-refractivity contribution < 1.29 is 13.7 Å². The van der Waals surface area contributed by atoms with Crippen LogP contribution in [0.2, 0.25) is 0 Å². The highest BCUT2D eigenvalue weighted by Gasteiger charge is 2.06. The van der Waals surface area contributed by atoms with Gasteiger partial charge in [-0.05, 0) is 23.8 Å². The van der Waals surface area contributed by atoms with Crippen LogP contribution in [0.1, 0.15) is 11.3 Å². The van der Waals surface area contributed by atoms with E-state index in [9.17, 15) is 18.9 Å². The number of halogens is 2. The zero-order chi connectivity index (χ0) is 16.4. The second-order valence-electron chi connectivity index (χ2n) is 4.88. The van der Waals surface area contributed by atoms with Crippen LogP contribution in [0.15, 0.2) is 48.5 Å². The van der Waals surface area contributed by atoms with Crippen LogP contribution in [-0.4, -0.2) is 9.91 Å². The summed E-state index contributed by atoms with van der Waals surface area (Å²) in [7, 11) is 0. The number of fused-ring (bicyclic) bond motifs is 1. The Morgan fingerprint density at radius 3 is 2.57 bits per heavy atom. The Bertz CT molecular complexity index is 939. The van der Waals surface area contributed by atoms with Crippen molar-refractivity contribution >= 4 is 28.7 Å². The number of hydrogen-bond acceptors (Lipinski definition) is 3. The Balaban J connectivity index is 1.93. The van der Waals surface area contributed by atoms with Gasteiger partial charge in [0.15, 0.2) is 11.6 Å². The van der Waals surface area contributed by atoms with Crippen LogP contribution in [0.3, 0.4) is 0 Å². The van der Waals surface area contributed by atoms with Gasteiger partial charge in [0.2, 0.25) is 0 Å².